The van der Waals surface area contributed by atoms with Gasteiger partial charge in [0.2, 0.25) is 0 Å². The number of hydrogen-bond donors (Lipinski definition) is 1. The van der Waals surface area contributed by atoms with E-state index in [1.165, 1.54) is 5.56 Å². The Kier molecular flexibility index (Phi) is 6.51. The van der Waals surface area contributed by atoms with Crippen LogP contribution in [0.3, 0.4) is 0 Å². The molecular formula is C16H25NO. The summed E-state index contributed by atoms with van der Waals surface area (Å²) in [4.78, 5) is 0. The molecular weight excluding hydrogens is 222 g/mol. The van der Waals surface area contributed by atoms with Crippen LogP contribution in [0.15, 0.2) is 36.9 Å². The van der Waals surface area contributed by atoms with Gasteiger partial charge >= 0.3 is 0 Å². The van der Waals surface area contributed by atoms with Crippen molar-refractivity contribution < 1.29 is 4.74 Å². The second kappa shape index (κ2) is 7.93. The van der Waals surface area contributed by atoms with E-state index in [-0.39, 0.29) is 6.10 Å². The molecule has 0 aliphatic carbocycles. The third kappa shape index (κ3) is 4.92. The summed E-state index contributed by atoms with van der Waals surface area (Å²) in [6, 6.07) is 8.69. The van der Waals surface area contributed by atoms with Crippen LogP contribution in [0.2, 0.25) is 0 Å². The summed E-state index contributed by atoms with van der Waals surface area (Å²) in [5.74, 6) is 0.981. The SMILES string of the molecule is C=CCc1ccccc1OC(CC)CNC(C)C. The molecule has 0 radical (unpaired) electrons. The van der Waals surface area contributed by atoms with E-state index in [9.17, 15) is 0 Å². The molecule has 0 bridgehead atoms. The molecule has 0 aliphatic heterocycles. The van der Waals surface area contributed by atoms with Crippen LogP contribution in [0.4, 0.5) is 0 Å². The quantitative estimate of drug-likeness (QED) is 0.709. The minimum Gasteiger partial charge on any atom is -0.489 e. The fraction of sp³-hybridized carbons (Fsp3) is 0.500. The number of nitrogens with one attached hydrogen (secondary N) is 1. The summed E-state index contributed by atoms with van der Waals surface area (Å²) < 4.78 is 6.09. The van der Waals surface area contributed by atoms with Crippen LogP contribution in [0.5, 0.6) is 5.75 Å². The number of allylic oxidation sites excluding steroid dienone is 1. The highest BCUT2D eigenvalue weighted by atomic mass is 16.5. The lowest BCUT2D eigenvalue weighted by atomic mass is 10.1. The average Bonchev–Trinajstić information content (AvgIpc) is 2.36. The van der Waals surface area contributed by atoms with Crippen molar-refractivity contribution in [2.45, 2.75) is 45.8 Å². The van der Waals surface area contributed by atoms with Gasteiger partial charge in [-0.1, -0.05) is 45.0 Å². The lowest BCUT2D eigenvalue weighted by molar-refractivity contribution is 0.188. The van der Waals surface area contributed by atoms with Crippen molar-refractivity contribution in [1.82, 2.24) is 5.32 Å². The highest BCUT2D eigenvalue weighted by Crippen LogP contribution is 2.20. The van der Waals surface area contributed by atoms with Crippen LogP contribution in [-0.4, -0.2) is 18.7 Å². The maximum Gasteiger partial charge on any atom is 0.123 e. The van der Waals surface area contributed by atoms with Gasteiger partial charge in [0.25, 0.3) is 0 Å². The Balaban J connectivity index is 2.65. The third-order valence-corrected chi connectivity index (χ3v) is 2.84. The van der Waals surface area contributed by atoms with Crippen LogP contribution in [-0.2, 0) is 6.42 Å². The highest BCUT2D eigenvalue weighted by molar-refractivity contribution is 5.34. The number of benzene rings is 1. The Hall–Kier alpha value is -1.28. The van der Waals surface area contributed by atoms with Crippen molar-refractivity contribution in [3.8, 4) is 5.75 Å². The summed E-state index contributed by atoms with van der Waals surface area (Å²) in [7, 11) is 0. The Morgan fingerprint density at radius 1 is 1.33 bits per heavy atom. The Bertz CT molecular complexity index is 360. The molecule has 1 atom stereocenters. The molecule has 2 nitrogen and oxygen atoms in total. The molecule has 100 valence electrons. The van der Waals surface area contributed by atoms with Gasteiger partial charge in [-0.3, -0.25) is 0 Å². The van der Waals surface area contributed by atoms with E-state index in [0.717, 1.165) is 25.1 Å². The van der Waals surface area contributed by atoms with E-state index in [1.54, 1.807) is 0 Å². The molecule has 2 heteroatoms. The Morgan fingerprint density at radius 3 is 2.67 bits per heavy atom. The van der Waals surface area contributed by atoms with Gasteiger partial charge in [0.15, 0.2) is 0 Å². The molecule has 0 aliphatic rings. The lowest BCUT2D eigenvalue weighted by Gasteiger charge is -2.21. The van der Waals surface area contributed by atoms with Crippen molar-refractivity contribution >= 4 is 0 Å². The van der Waals surface area contributed by atoms with E-state index in [1.807, 2.05) is 24.3 Å². The van der Waals surface area contributed by atoms with Gasteiger partial charge in [-0.25, -0.2) is 0 Å². The minimum absolute atomic E-state index is 0.221. The lowest BCUT2D eigenvalue weighted by Crippen LogP contribution is -2.35. The van der Waals surface area contributed by atoms with Crippen LogP contribution in [0, 0.1) is 0 Å². The van der Waals surface area contributed by atoms with E-state index >= 15 is 0 Å². The molecule has 0 aromatic heterocycles. The molecule has 0 saturated heterocycles. The van der Waals surface area contributed by atoms with Crippen LogP contribution in [0.1, 0.15) is 32.8 Å². The van der Waals surface area contributed by atoms with Crippen molar-refractivity contribution in [2.24, 2.45) is 0 Å². The van der Waals surface area contributed by atoms with Crippen LogP contribution < -0.4 is 10.1 Å². The molecule has 0 spiro atoms. The topological polar surface area (TPSA) is 21.3 Å². The summed E-state index contributed by atoms with van der Waals surface area (Å²) in [5.41, 5.74) is 1.20. The summed E-state index contributed by atoms with van der Waals surface area (Å²) in [5, 5.41) is 3.42. The first-order chi connectivity index (χ1) is 8.67. The number of ether oxygens (including phenoxy) is 1. The van der Waals surface area contributed by atoms with Gasteiger partial charge < -0.3 is 10.1 Å². The zero-order valence-corrected chi connectivity index (χ0v) is 11.8. The molecule has 1 rings (SSSR count). The summed E-state index contributed by atoms with van der Waals surface area (Å²) >= 11 is 0. The Labute approximate surface area is 111 Å². The molecule has 0 heterocycles. The third-order valence-electron chi connectivity index (χ3n) is 2.84. The van der Waals surface area contributed by atoms with Gasteiger partial charge in [-0.2, -0.15) is 0 Å². The molecule has 18 heavy (non-hydrogen) atoms. The van der Waals surface area contributed by atoms with Gasteiger partial charge in [-0.05, 0) is 24.5 Å². The van der Waals surface area contributed by atoms with Gasteiger partial charge in [0, 0.05) is 12.6 Å². The predicted molar refractivity (Wildman–Crippen MR) is 78.2 cm³/mol. The zero-order valence-electron chi connectivity index (χ0n) is 11.8. The van der Waals surface area contributed by atoms with Gasteiger partial charge in [-0.15, -0.1) is 6.58 Å². The minimum atomic E-state index is 0.221. The molecule has 1 N–H and O–H groups in total. The standard InChI is InChI=1S/C16H25NO/c1-5-9-14-10-7-8-11-16(14)18-15(6-2)12-17-13(3)4/h5,7-8,10-11,13,15,17H,1,6,9,12H2,2-4H3. The second-order valence-corrected chi connectivity index (χ2v) is 4.81. The number of para-hydroxylation sites is 1. The highest BCUT2D eigenvalue weighted by Gasteiger charge is 2.10. The monoisotopic (exact) mass is 247 g/mol. The van der Waals surface area contributed by atoms with E-state index < -0.39 is 0 Å². The van der Waals surface area contributed by atoms with Gasteiger partial charge in [0.1, 0.15) is 11.9 Å². The normalized spacial score (nSPS) is 12.4. The van der Waals surface area contributed by atoms with Crippen molar-refractivity contribution in [3.63, 3.8) is 0 Å². The second-order valence-electron chi connectivity index (χ2n) is 4.81. The van der Waals surface area contributed by atoms with E-state index in [4.69, 9.17) is 4.74 Å². The van der Waals surface area contributed by atoms with Crippen molar-refractivity contribution in [3.05, 3.63) is 42.5 Å². The summed E-state index contributed by atoms with van der Waals surface area (Å²) in [6.07, 6.45) is 3.99. The van der Waals surface area contributed by atoms with E-state index in [0.29, 0.717) is 6.04 Å². The van der Waals surface area contributed by atoms with Crippen LogP contribution >= 0.6 is 0 Å². The van der Waals surface area contributed by atoms with Crippen molar-refractivity contribution in [1.29, 1.82) is 0 Å². The fourth-order valence-corrected chi connectivity index (χ4v) is 1.76. The van der Waals surface area contributed by atoms with E-state index in [2.05, 4.69) is 38.7 Å². The maximum absolute atomic E-state index is 6.09. The zero-order chi connectivity index (χ0) is 13.4. The molecule has 0 fully saturated rings. The molecule has 1 aromatic carbocycles. The first kappa shape index (κ1) is 14.8. The number of hydrogen-bond acceptors (Lipinski definition) is 2. The first-order valence-electron chi connectivity index (χ1n) is 6.76. The van der Waals surface area contributed by atoms with Crippen molar-refractivity contribution in [2.75, 3.05) is 6.54 Å². The maximum atomic E-state index is 6.09. The van der Waals surface area contributed by atoms with Gasteiger partial charge in [0.05, 0.1) is 0 Å². The number of rotatable bonds is 8. The van der Waals surface area contributed by atoms with Crippen LogP contribution in [0.25, 0.3) is 0 Å². The summed E-state index contributed by atoms with van der Waals surface area (Å²) in [6.45, 7) is 11.1. The molecule has 1 aromatic rings. The fourth-order valence-electron chi connectivity index (χ4n) is 1.76. The first-order valence-corrected chi connectivity index (χ1v) is 6.76. The Morgan fingerprint density at radius 2 is 2.06 bits per heavy atom. The molecule has 1 unspecified atom stereocenters. The smallest absolute Gasteiger partial charge is 0.123 e. The molecule has 0 saturated carbocycles. The largest absolute Gasteiger partial charge is 0.489 e. The average molecular weight is 247 g/mol. The predicted octanol–water partition coefficient (Wildman–Crippen LogP) is 3.57. The molecule has 0 amide bonds.